The van der Waals surface area contributed by atoms with Crippen molar-refractivity contribution in [3.63, 3.8) is 0 Å². The highest BCUT2D eigenvalue weighted by molar-refractivity contribution is 8.16. The van der Waals surface area contributed by atoms with Gasteiger partial charge >= 0.3 is 5.97 Å². The Balaban J connectivity index is -0.000000461. The van der Waals surface area contributed by atoms with Gasteiger partial charge in [0.2, 0.25) is 0 Å². The molecule has 9 heteroatoms. The van der Waals surface area contributed by atoms with Crippen molar-refractivity contribution in [2.45, 2.75) is 40.5 Å². The van der Waals surface area contributed by atoms with Gasteiger partial charge in [0, 0.05) is 58.4 Å². The van der Waals surface area contributed by atoms with Gasteiger partial charge in [0.1, 0.15) is 11.7 Å². The second-order valence-electron chi connectivity index (χ2n) is 7.17. The summed E-state index contributed by atoms with van der Waals surface area (Å²) in [6, 6.07) is 9.48. The van der Waals surface area contributed by atoms with Gasteiger partial charge in [-0.1, -0.05) is 57.3 Å². The molecular weight excluding hydrogens is 508 g/mol. The van der Waals surface area contributed by atoms with E-state index in [-0.39, 0.29) is 35.4 Å². The van der Waals surface area contributed by atoms with Crippen molar-refractivity contribution in [1.29, 1.82) is 0 Å². The predicted molar refractivity (Wildman–Crippen MR) is 161 cm³/mol. The number of benzene rings is 1. The van der Waals surface area contributed by atoms with E-state index in [1.807, 2.05) is 51.1 Å². The molecule has 8 nitrogen and oxygen atoms in total. The monoisotopic (exact) mass is 560 g/mol. The SMILES string of the molecule is C=C(C)C(=O)OCCO/C(C(=C)C)=S1\CCCC(C(=O)c2ccccc2)C1.CC.CO.CO.CO.COC. The van der Waals surface area contributed by atoms with Gasteiger partial charge in [0.15, 0.2) is 5.78 Å². The number of hydrogen-bond donors (Lipinski definition) is 3. The Bertz CT molecular complexity index is 776. The van der Waals surface area contributed by atoms with Gasteiger partial charge in [-0.05, 0) is 38.0 Å². The average Bonchev–Trinajstić information content (AvgIpc) is 2.97. The third kappa shape index (κ3) is 19.9. The Hall–Kier alpha value is -2.14. The maximum absolute atomic E-state index is 12.8. The first-order chi connectivity index (χ1) is 18.3. The lowest BCUT2D eigenvalue weighted by molar-refractivity contribution is -0.139. The van der Waals surface area contributed by atoms with E-state index in [1.165, 1.54) is 0 Å². The molecule has 0 spiro atoms. The minimum Gasteiger partial charge on any atom is -0.460 e. The molecule has 1 aromatic rings. The first kappa shape index (κ1) is 42.9. The maximum Gasteiger partial charge on any atom is 0.333 e. The Morgan fingerprint density at radius 2 is 1.37 bits per heavy atom. The highest BCUT2D eigenvalue weighted by Gasteiger charge is 2.26. The van der Waals surface area contributed by atoms with E-state index in [1.54, 1.807) is 21.1 Å². The van der Waals surface area contributed by atoms with E-state index >= 15 is 0 Å². The van der Waals surface area contributed by atoms with Gasteiger partial charge in [-0.2, -0.15) is 10.5 Å². The van der Waals surface area contributed by atoms with Gasteiger partial charge in [-0.3, -0.25) is 4.79 Å². The summed E-state index contributed by atoms with van der Waals surface area (Å²) in [5.74, 6) is 1.62. The normalized spacial score (nSPS) is 15.2. The number of esters is 1. The van der Waals surface area contributed by atoms with E-state index in [0.717, 1.165) is 61.9 Å². The lowest BCUT2D eigenvalue weighted by Gasteiger charge is -2.27. The van der Waals surface area contributed by atoms with Crippen molar-refractivity contribution in [3.05, 3.63) is 60.2 Å². The van der Waals surface area contributed by atoms with Gasteiger partial charge < -0.3 is 29.5 Å². The highest BCUT2D eigenvalue weighted by atomic mass is 32.2. The van der Waals surface area contributed by atoms with E-state index in [0.29, 0.717) is 5.57 Å². The molecule has 3 N–H and O–H groups in total. The summed E-state index contributed by atoms with van der Waals surface area (Å²) in [6.45, 7) is 15.6. The molecule has 1 aromatic carbocycles. The zero-order chi connectivity index (χ0) is 30.5. The van der Waals surface area contributed by atoms with Crippen molar-refractivity contribution in [3.8, 4) is 0 Å². The fourth-order valence-electron chi connectivity index (χ4n) is 2.97. The summed E-state index contributed by atoms with van der Waals surface area (Å²) in [7, 11) is 6.11. The van der Waals surface area contributed by atoms with Crippen LogP contribution in [0.5, 0.6) is 0 Å². The number of hydrogen-bond acceptors (Lipinski definition) is 8. The van der Waals surface area contributed by atoms with Crippen LogP contribution in [0.25, 0.3) is 0 Å². The summed E-state index contributed by atoms with van der Waals surface area (Å²) in [6.07, 6.45) is 1.91. The van der Waals surface area contributed by atoms with Crippen LogP contribution >= 0.6 is 10.5 Å². The quantitative estimate of drug-likeness (QED) is 0.146. The molecule has 1 aliphatic heterocycles. The van der Waals surface area contributed by atoms with Gasteiger partial charge in [0.05, 0.1) is 6.61 Å². The molecule has 0 radical (unpaired) electrons. The largest absolute Gasteiger partial charge is 0.460 e. The molecule has 0 aliphatic carbocycles. The first-order valence-electron chi connectivity index (χ1n) is 12.3. The minimum atomic E-state index is -0.413. The van der Waals surface area contributed by atoms with E-state index in [2.05, 4.69) is 17.9 Å². The molecule has 1 saturated heterocycles. The Kier molecular flexibility index (Phi) is 35.1. The molecule has 0 bridgehead atoms. The smallest absolute Gasteiger partial charge is 0.333 e. The second kappa shape index (κ2) is 31.1. The minimum absolute atomic E-state index is 0.0173. The van der Waals surface area contributed by atoms with E-state index < -0.39 is 5.97 Å². The number of aliphatic hydroxyl groups is 3. The molecule has 0 aromatic heterocycles. The summed E-state index contributed by atoms with van der Waals surface area (Å²) in [4.78, 5) is 24.2. The fourth-order valence-corrected chi connectivity index (χ4v) is 5.54. The predicted octanol–water partition coefficient (Wildman–Crippen LogP) is 4.50. The summed E-state index contributed by atoms with van der Waals surface area (Å²) >= 11 is 0. The van der Waals surface area contributed by atoms with Gasteiger partial charge in [-0.25, -0.2) is 4.79 Å². The number of ketones is 1. The second-order valence-corrected chi connectivity index (χ2v) is 9.27. The Morgan fingerprint density at radius 1 is 0.895 bits per heavy atom. The fraction of sp³-hybridized carbons (Fsp3) is 0.552. The summed E-state index contributed by atoms with van der Waals surface area (Å²) in [5, 5.41) is 21.9. The van der Waals surface area contributed by atoms with Crippen LogP contribution in [-0.2, 0) is 19.0 Å². The van der Waals surface area contributed by atoms with Crippen LogP contribution in [0, 0.1) is 5.92 Å². The number of carbonyl (C=O) groups excluding carboxylic acids is 2. The molecule has 2 unspecified atom stereocenters. The topological polar surface area (TPSA) is 123 Å². The van der Waals surface area contributed by atoms with E-state index in [9.17, 15) is 9.59 Å². The number of aliphatic hydroxyl groups excluding tert-OH is 3. The van der Waals surface area contributed by atoms with Crippen LogP contribution in [0.2, 0.25) is 0 Å². The molecule has 1 fully saturated rings. The zero-order valence-electron chi connectivity index (χ0n) is 24.9. The van der Waals surface area contributed by atoms with Crippen molar-refractivity contribution >= 4 is 27.3 Å². The third-order valence-corrected chi connectivity index (χ3v) is 6.86. The van der Waals surface area contributed by atoms with Gasteiger partial charge in [0.25, 0.3) is 0 Å². The molecule has 0 saturated carbocycles. The van der Waals surface area contributed by atoms with Crippen molar-refractivity contribution in [1.82, 2.24) is 0 Å². The van der Waals surface area contributed by atoms with Crippen LogP contribution < -0.4 is 0 Å². The highest BCUT2D eigenvalue weighted by Crippen LogP contribution is 2.33. The van der Waals surface area contributed by atoms with Crippen LogP contribution in [0.3, 0.4) is 0 Å². The molecule has 1 aliphatic rings. The third-order valence-electron chi connectivity index (χ3n) is 4.28. The molecular formula is C29H52O8S. The van der Waals surface area contributed by atoms with Crippen molar-refractivity contribution in [2.75, 3.05) is 60.3 Å². The molecule has 0 amide bonds. The Morgan fingerprint density at radius 3 is 1.82 bits per heavy atom. The molecule has 1 heterocycles. The molecule has 222 valence electrons. The standard InChI is InChI=1S/C22H28O4S.C2H6O.C2H6.3CH4O/c1-16(2)21(24)25-12-13-26-22(17(3)4)27-14-8-11-19(15-27)20(23)18-9-6-5-7-10-18;1-3-2;4*1-2/h5-7,9-10,19H,1,3,8,11-15H2,2,4H3;1-2H3;1-2H3;3*2H,1H3. The zero-order valence-corrected chi connectivity index (χ0v) is 25.7. The van der Waals surface area contributed by atoms with Crippen LogP contribution in [0.1, 0.15) is 50.9 Å². The van der Waals surface area contributed by atoms with Crippen LogP contribution in [0.4, 0.5) is 0 Å². The van der Waals surface area contributed by atoms with Crippen LogP contribution in [-0.4, -0.2) is 92.4 Å². The van der Waals surface area contributed by atoms with Crippen LogP contribution in [0.15, 0.2) is 54.6 Å². The van der Waals surface area contributed by atoms with Gasteiger partial charge in [-0.15, -0.1) is 0 Å². The lowest BCUT2D eigenvalue weighted by Crippen LogP contribution is -2.25. The first-order valence-corrected chi connectivity index (χ1v) is 13.9. The van der Waals surface area contributed by atoms with Crippen molar-refractivity contribution in [2.24, 2.45) is 5.92 Å². The number of ether oxygens (including phenoxy) is 3. The molecule has 2 rings (SSSR count). The lowest BCUT2D eigenvalue weighted by atomic mass is 9.95. The van der Waals surface area contributed by atoms with E-state index in [4.69, 9.17) is 24.8 Å². The summed E-state index contributed by atoms with van der Waals surface area (Å²) in [5.41, 5.74) is 2.02. The number of Topliss-reactive ketones (excluding diaryl/α,β-unsaturated/α-hetero) is 1. The maximum atomic E-state index is 12.8. The Labute approximate surface area is 233 Å². The molecule has 38 heavy (non-hydrogen) atoms. The van der Waals surface area contributed by atoms with Crippen molar-refractivity contribution < 1.29 is 39.1 Å². The summed E-state index contributed by atoms with van der Waals surface area (Å²) < 4.78 is 15.2. The number of carbonyl (C=O) groups is 2. The molecule has 2 atom stereocenters. The number of rotatable bonds is 7. The average molecular weight is 561 g/mol. The number of methoxy groups -OCH3 is 1.